The molecule has 2 unspecified atom stereocenters. The van der Waals surface area contributed by atoms with Crippen molar-refractivity contribution >= 4 is 35.0 Å². The van der Waals surface area contributed by atoms with E-state index in [0.717, 1.165) is 28.1 Å². The first-order valence-corrected chi connectivity index (χ1v) is 17.6. The van der Waals surface area contributed by atoms with Gasteiger partial charge in [-0.2, -0.15) is 0 Å². The maximum absolute atomic E-state index is 14.8. The van der Waals surface area contributed by atoms with E-state index in [1.807, 2.05) is 72.8 Å². The van der Waals surface area contributed by atoms with Crippen molar-refractivity contribution in [1.82, 2.24) is 20.4 Å². The molecule has 10 rings (SSSR count). The lowest BCUT2D eigenvalue weighted by Gasteiger charge is -2.48. The lowest BCUT2D eigenvalue weighted by Crippen LogP contribution is -2.67. The first-order valence-electron chi connectivity index (χ1n) is 17.6. The Morgan fingerprint density at radius 1 is 0.569 bits per heavy atom. The molecule has 0 spiro atoms. The van der Waals surface area contributed by atoms with Gasteiger partial charge in [0.05, 0.1) is 10.8 Å². The molecular weight excluding hydrogens is 647 g/mol. The predicted molar refractivity (Wildman–Crippen MR) is 186 cm³/mol. The van der Waals surface area contributed by atoms with Crippen LogP contribution in [0, 0.1) is 5.82 Å². The Bertz CT molecular complexity index is 2160. The number of amides is 4. The SMILES string of the molecule is O=C1N[C@@H](Cc2ccccc2)C(=O)N2[C@H]3Nc4ccccc4C3(C34C[C@H]5C(=O)N[C@@H](Cc6ccccc6F)C(=O)N5[C@H]3Nc3ccccc34)C[C@@H]12. The number of benzene rings is 4. The number of hydrogen-bond acceptors (Lipinski definition) is 6. The molecule has 0 radical (unpaired) electrons. The molecular formula is C40H35FN6O4. The van der Waals surface area contributed by atoms with Gasteiger partial charge in [0.2, 0.25) is 23.6 Å². The van der Waals surface area contributed by atoms with Gasteiger partial charge in [-0.25, -0.2) is 4.39 Å². The third-order valence-corrected chi connectivity index (χ3v) is 12.4. The predicted octanol–water partition coefficient (Wildman–Crippen LogP) is 3.19. The fourth-order valence-electron chi connectivity index (χ4n) is 10.4. The zero-order chi connectivity index (χ0) is 34.6. The van der Waals surface area contributed by atoms with Crippen LogP contribution in [0.1, 0.15) is 35.1 Å². The number of anilines is 2. The van der Waals surface area contributed by atoms with Crippen molar-refractivity contribution in [3.8, 4) is 0 Å². The third-order valence-electron chi connectivity index (χ3n) is 12.4. The Balaban J connectivity index is 1.12. The molecule has 6 heterocycles. The number of para-hydroxylation sites is 2. The van der Waals surface area contributed by atoms with Crippen LogP contribution in [0.4, 0.5) is 15.8 Å². The molecule has 4 aromatic rings. The Morgan fingerprint density at radius 2 is 1.04 bits per heavy atom. The van der Waals surface area contributed by atoms with E-state index in [0.29, 0.717) is 18.4 Å². The Labute approximate surface area is 293 Å². The highest BCUT2D eigenvalue weighted by atomic mass is 19.1. The second kappa shape index (κ2) is 10.6. The second-order valence-electron chi connectivity index (χ2n) is 14.7. The average Bonchev–Trinajstić information content (AvgIpc) is 3.85. The standard InChI is InChI=1S/C40H35FN6O4/c41-26-15-7-4-12-23(26)19-30-36(51)47-32(34(49)43-30)21-40(25-14-6-9-17-28(25)45-38(40)47)39-20-31-33(48)42-29(18-22-10-2-1-3-11-22)35(50)46(31)37(39)44-27-16-8-5-13-24(27)39/h1-17,29-32,37-38,44-45H,18-21H2,(H,42,48)(H,43,49)/t29-,30-,31-,32-,37+,38+,39?,40?/m0/s1. The third kappa shape index (κ3) is 3.91. The highest BCUT2D eigenvalue weighted by Gasteiger charge is 2.78. The van der Waals surface area contributed by atoms with Gasteiger partial charge in [-0.05, 0) is 53.3 Å². The molecule has 6 aliphatic rings. The number of carbonyl (C=O) groups is 4. The summed E-state index contributed by atoms with van der Waals surface area (Å²) in [5.74, 6) is -1.42. The van der Waals surface area contributed by atoms with Crippen LogP contribution in [0.25, 0.3) is 0 Å². The van der Waals surface area contributed by atoms with Crippen LogP contribution in [0.5, 0.6) is 0 Å². The molecule has 4 amide bonds. The number of nitrogens with one attached hydrogen (secondary N) is 4. The molecule has 4 saturated heterocycles. The molecule has 8 atom stereocenters. The summed E-state index contributed by atoms with van der Waals surface area (Å²) in [5, 5.41) is 13.3. The van der Waals surface area contributed by atoms with Crippen molar-refractivity contribution in [2.45, 2.75) is 73.0 Å². The molecule has 6 aliphatic heterocycles. The highest BCUT2D eigenvalue weighted by molar-refractivity contribution is 6.01. The van der Waals surface area contributed by atoms with Crippen LogP contribution in [-0.2, 0) is 42.8 Å². The van der Waals surface area contributed by atoms with E-state index in [2.05, 4.69) is 27.3 Å². The summed E-state index contributed by atoms with van der Waals surface area (Å²) in [6.07, 6.45) is -0.398. The van der Waals surface area contributed by atoms with Crippen molar-refractivity contribution in [2.75, 3.05) is 10.6 Å². The number of nitrogens with zero attached hydrogens (tertiary/aromatic N) is 2. The number of fused-ring (bicyclic) bond motifs is 11. The van der Waals surface area contributed by atoms with Crippen molar-refractivity contribution < 1.29 is 23.6 Å². The zero-order valence-electron chi connectivity index (χ0n) is 27.5. The molecule has 10 nitrogen and oxygen atoms in total. The maximum Gasteiger partial charge on any atom is 0.247 e. The summed E-state index contributed by atoms with van der Waals surface area (Å²) in [5.41, 5.74) is 3.00. The van der Waals surface area contributed by atoms with E-state index in [1.165, 1.54) is 6.07 Å². The Kier molecular flexibility index (Phi) is 6.29. The number of halogens is 1. The fourth-order valence-corrected chi connectivity index (χ4v) is 10.4. The van der Waals surface area contributed by atoms with Gasteiger partial charge in [-0.15, -0.1) is 0 Å². The van der Waals surface area contributed by atoms with Crippen LogP contribution in [-0.4, -0.2) is 69.9 Å². The number of carbonyl (C=O) groups excluding carboxylic acids is 4. The van der Waals surface area contributed by atoms with E-state index in [4.69, 9.17) is 0 Å². The summed E-state index contributed by atoms with van der Waals surface area (Å²) < 4.78 is 14.8. The summed E-state index contributed by atoms with van der Waals surface area (Å²) in [4.78, 5) is 61.0. The van der Waals surface area contributed by atoms with Gasteiger partial charge in [0.15, 0.2) is 0 Å². The lowest BCUT2D eigenvalue weighted by atomic mass is 9.54. The monoisotopic (exact) mass is 682 g/mol. The molecule has 0 aromatic heterocycles. The fraction of sp³-hybridized carbons (Fsp3) is 0.300. The normalized spacial score (nSPS) is 32.5. The van der Waals surface area contributed by atoms with Crippen molar-refractivity contribution in [1.29, 1.82) is 0 Å². The molecule has 51 heavy (non-hydrogen) atoms. The van der Waals surface area contributed by atoms with Crippen LogP contribution in [0.2, 0.25) is 0 Å². The van der Waals surface area contributed by atoms with Gasteiger partial charge < -0.3 is 31.1 Å². The maximum atomic E-state index is 14.8. The van der Waals surface area contributed by atoms with Crippen molar-refractivity contribution in [2.24, 2.45) is 0 Å². The van der Waals surface area contributed by atoms with E-state index < -0.39 is 53.1 Å². The van der Waals surface area contributed by atoms with Gasteiger partial charge in [0.25, 0.3) is 0 Å². The smallest absolute Gasteiger partial charge is 0.247 e. The topological polar surface area (TPSA) is 123 Å². The van der Waals surface area contributed by atoms with Gasteiger partial charge in [-0.3, -0.25) is 19.2 Å². The molecule has 0 aliphatic carbocycles. The highest BCUT2D eigenvalue weighted by Crippen LogP contribution is 2.68. The van der Waals surface area contributed by atoms with Crippen LogP contribution in [0.15, 0.2) is 103 Å². The van der Waals surface area contributed by atoms with E-state index in [-0.39, 0.29) is 36.5 Å². The Hall–Kier alpha value is -5.71. The zero-order valence-corrected chi connectivity index (χ0v) is 27.5. The molecule has 256 valence electrons. The molecule has 0 saturated carbocycles. The van der Waals surface area contributed by atoms with Gasteiger partial charge >= 0.3 is 0 Å². The molecule has 4 fully saturated rings. The van der Waals surface area contributed by atoms with Gasteiger partial charge in [-0.1, -0.05) is 84.9 Å². The Morgan fingerprint density at radius 3 is 1.59 bits per heavy atom. The van der Waals surface area contributed by atoms with E-state index >= 15 is 0 Å². The minimum Gasteiger partial charge on any atom is -0.364 e. The van der Waals surface area contributed by atoms with Crippen LogP contribution >= 0.6 is 0 Å². The lowest BCUT2D eigenvalue weighted by molar-refractivity contribution is -0.149. The molecule has 4 aromatic carbocycles. The molecule has 11 heteroatoms. The number of hydrogen-bond donors (Lipinski definition) is 4. The van der Waals surface area contributed by atoms with Crippen LogP contribution < -0.4 is 21.3 Å². The first-order chi connectivity index (χ1) is 24.8. The average molecular weight is 683 g/mol. The quantitative estimate of drug-likeness (QED) is 0.257. The largest absolute Gasteiger partial charge is 0.364 e. The van der Waals surface area contributed by atoms with E-state index in [9.17, 15) is 23.6 Å². The summed E-state index contributed by atoms with van der Waals surface area (Å²) >= 11 is 0. The molecule has 0 bridgehead atoms. The van der Waals surface area contributed by atoms with Crippen molar-refractivity contribution in [3.63, 3.8) is 0 Å². The van der Waals surface area contributed by atoms with Gasteiger partial charge in [0.1, 0.15) is 42.3 Å². The number of rotatable bonds is 5. The summed E-state index contributed by atoms with van der Waals surface area (Å²) in [6.45, 7) is 0. The first kappa shape index (κ1) is 30.1. The van der Waals surface area contributed by atoms with Crippen LogP contribution in [0.3, 0.4) is 0 Å². The van der Waals surface area contributed by atoms with E-state index in [1.54, 1.807) is 28.0 Å². The summed E-state index contributed by atoms with van der Waals surface area (Å²) in [6, 6.07) is 28.5. The second-order valence-corrected chi connectivity index (χ2v) is 14.7. The number of piperazine rings is 2. The minimum atomic E-state index is -0.963. The van der Waals surface area contributed by atoms with Gasteiger partial charge in [0, 0.05) is 24.2 Å². The minimum absolute atomic E-state index is 0.0125. The summed E-state index contributed by atoms with van der Waals surface area (Å²) in [7, 11) is 0. The van der Waals surface area contributed by atoms with Crippen molar-refractivity contribution in [3.05, 3.63) is 131 Å². The molecule has 4 N–H and O–H groups in total.